The molecule has 0 saturated carbocycles. The molecule has 1 aliphatic heterocycles. The predicted molar refractivity (Wildman–Crippen MR) is 120 cm³/mol. The van der Waals surface area contributed by atoms with Gasteiger partial charge in [-0.1, -0.05) is 35.6 Å². The molecule has 0 N–H and O–H groups in total. The molecule has 0 amide bonds. The summed E-state index contributed by atoms with van der Waals surface area (Å²) >= 11 is 1.19. The van der Waals surface area contributed by atoms with Gasteiger partial charge in [-0.2, -0.15) is 0 Å². The van der Waals surface area contributed by atoms with E-state index in [0.717, 1.165) is 5.56 Å². The molecule has 2 aromatic carbocycles. The SMILES string of the molecule is CCOC(=O)C1=C(C)N=c2s/c(=C/c3cccc(F)c3)c(=O)n2C1c1ccc(OC)cc1. The van der Waals surface area contributed by atoms with Gasteiger partial charge in [0.2, 0.25) is 0 Å². The van der Waals surface area contributed by atoms with E-state index in [-0.39, 0.29) is 18.0 Å². The monoisotopic (exact) mass is 452 g/mol. The molecular weight excluding hydrogens is 431 g/mol. The summed E-state index contributed by atoms with van der Waals surface area (Å²) in [6, 6.07) is 12.5. The lowest BCUT2D eigenvalue weighted by atomic mass is 9.96. The number of carbonyl (C=O) groups excluding carboxylic acids is 1. The molecule has 1 unspecified atom stereocenters. The van der Waals surface area contributed by atoms with Crippen molar-refractivity contribution in [2.45, 2.75) is 19.9 Å². The van der Waals surface area contributed by atoms with E-state index >= 15 is 0 Å². The summed E-state index contributed by atoms with van der Waals surface area (Å²) in [5.41, 5.74) is 1.77. The summed E-state index contributed by atoms with van der Waals surface area (Å²) in [4.78, 5) is 31.3. The van der Waals surface area contributed by atoms with Crippen molar-refractivity contribution in [3.05, 3.63) is 96.4 Å². The molecule has 0 bridgehead atoms. The van der Waals surface area contributed by atoms with E-state index in [1.165, 1.54) is 28.0 Å². The molecule has 1 aromatic heterocycles. The van der Waals surface area contributed by atoms with E-state index in [0.29, 0.717) is 31.9 Å². The second-order valence-electron chi connectivity index (χ2n) is 7.13. The average Bonchev–Trinajstić information content (AvgIpc) is 3.07. The van der Waals surface area contributed by atoms with Crippen molar-refractivity contribution in [3.63, 3.8) is 0 Å². The molecule has 0 saturated heterocycles. The van der Waals surface area contributed by atoms with Crippen LogP contribution in [0.4, 0.5) is 4.39 Å². The highest BCUT2D eigenvalue weighted by Gasteiger charge is 2.33. The topological polar surface area (TPSA) is 69.9 Å². The molecule has 32 heavy (non-hydrogen) atoms. The van der Waals surface area contributed by atoms with Gasteiger partial charge in [-0.05, 0) is 55.3 Å². The van der Waals surface area contributed by atoms with Crippen molar-refractivity contribution in [2.24, 2.45) is 4.99 Å². The summed E-state index contributed by atoms with van der Waals surface area (Å²) < 4.78 is 26.0. The zero-order valence-electron chi connectivity index (χ0n) is 17.8. The lowest BCUT2D eigenvalue weighted by Gasteiger charge is -2.24. The molecule has 6 nitrogen and oxygen atoms in total. The number of fused-ring (bicyclic) bond motifs is 1. The number of allylic oxidation sites excluding steroid dienone is 1. The fraction of sp³-hybridized carbons (Fsp3) is 0.208. The normalized spacial score (nSPS) is 15.9. The number of esters is 1. The van der Waals surface area contributed by atoms with E-state index in [1.54, 1.807) is 51.3 Å². The van der Waals surface area contributed by atoms with Crippen LogP contribution in [0.2, 0.25) is 0 Å². The Morgan fingerprint density at radius 2 is 2.00 bits per heavy atom. The average molecular weight is 453 g/mol. The van der Waals surface area contributed by atoms with E-state index in [1.807, 2.05) is 12.1 Å². The number of thiazole rings is 1. The van der Waals surface area contributed by atoms with E-state index in [2.05, 4.69) is 4.99 Å². The predicted octanol–water partition coefficient (Wildman–Crippen LogP) is 2.95. The third-order valence-electron chi connectivity index (χ3n) is 5.10. The van der Waals surface area contributed by atoms with Gasteiger partial charge in [0, 0.05) is 0 Å². The van der Waals surface area contributed by atoms with Crippen LogP contribution in [0.25, 0.3) is 6.08 Å². The Hall–Kier alpha value is -3.52. The zero-order valence-corrected chi connectivity index (χ0v) is 18.6. The smallest absolute Gasteiger partial charge is 0.338 e. The summed E-state index contributed by atoms with van der Waals surface area (Å²) in [7, 11) is 1.57. The van der Waals surface area contributed by atoms with Gasteiger partial charge in [0.1, 0.15) is 11.6 Å². The standard InChI is InChI=1S/C24H21FN2O4S/c1-4-31-23(29)20-14(2)26-24-27(21(20)16-8-10-18(30-3)11-9-16)22(28)19(32-24)13-15-6-5-7-17(25)12-15/h5-13,21H,4H2,1-3H3/b19-13+. The van der Waals surface area contributed by atoms with Crippen molar-refractivity contribution in [2.75, 3.05) is 13.7 Å². The lowest BCUT2D eigenvalue weighted by molar-refractivity contribution is -0.139. The van der Waals surface area contributed by atoms with E-state index in [4.69, 9.17) is 9.47 Å². The maximum Gasteiger partial charge on any atom is 0.338 e. The number of hydrogen-bond acceptors (Lipinski definition) is 6. The minimum atomic E-state index is -0.703. The van der Waals surface area contributed by atoms with Crippen LogP contribution in [-0.2, 0) is 9.53 Å². The first kappa shape index (κ1) is 21.7. The zero-order chi connectivity index (χ0) is 22.8. The molecule has 0 aliphatic carbocycles. The molecule has 1 atom stereocenters. The van der Waals surface area contributed by atoms with Gasteiger partial charge in [-0.3, -0.25) is 9.36 Å². The summed E-state index contributed by atoms with van der Waals surface area (Å²) in [5, 5.41) is 0. The van der Waals surface area contributed by atoms with Gasteiger partial charge >= 0.3 is 5.97 Å². The second-order valence-corrected chi connectivity index (χ2v) is 8.14. The largest absolute Gasteiger partial charge is 0.497 e. The molecule has 0 fully saturated rings. The molecule has 0 spiro atoms. The fourth-order valence-corrected chi connectivity index (χ4v) is 4.69. The maximum atomic E-state index is 13.6. The maximum absolute atomic E-state index is 13.6. The van der Waals surface area contributed by atoms with Gasteiger partial charge in [0.25, 0.3) is 5.56 Å². The fourth-order valence-electron chi connectivity index (χ4n) is 3.64. The quantitative estimate of drug-likeness (QED) is 0.558. The lowest BCUT2D eigenvalue weighted by Crippen LogP contribution is -2.39. The molecule has 4 rings (SSSR count). The number of methoxy groups -OCH3 is 1. The third-order valence-corrected chi connectivity index (χ3v) is 6.08. The minimum absolute atomic E-state index is 0.203. The molecule has 3 aromatic rings. The van der Waals surface area contributed by atoms with Crippen molar-refractivity contribution in [3.8, 4) is 5.75 Å². The first-order valence-electron chi connectivity index (χ1n) is 10.0. The molecule has 0 radical (unpaired) electrons. The summed E-state index contributed by atoms with van der Waals surface area (Å²) in [6.45, 7) is 3.66. The first-order valence-corrected chi connectivity index (χ1v) is 10.8. The number of halogens is 1. The van der Waals surface area contributed by atoms with Crippen LogP contribution in [0.3, 0.4) is 0 Å². The highest BCUT2D eigenvalue weighted by Crippen LogP contribution is 2.31. The Labute approximate surface area is 187 Å². The number of nitrogens with zero attached hydrogens (tertiary/aromatic N) is 2. The first-order chi connectivity index (χ1) is 15.4. The van der Waals surface area contributed by atoms with E-state index < -0.39 is 12.0 Å². The van der Waals surface area contributed by atoms with Gasteiger partial charge in [0.15, 0.2) is 4.80 Å². The molecule has 164 valence electrons. The Balaban J connectivity index is 1.94. The number of hydrogen-bond donors (Lipinski definition) is 0. The van der Waals surface area contributed by atoms with Crippen molar-refractivity contribution < 1.29 is 18.7 Å². The van der Waals surface area contributed by atoms with Gasteiger partial charge < -0.3 is 9.47 Å². The van der Waals surface area contributed by atoms with Crippen LogP contribution >= 0.6 is 11.3 Å². The van der Waals surface area contributed by atoms with Crippen LogP contribution in [0.1, 0.15) is 31.0 Å². The number of ether oxygens (including phenoxy) is 2. The van der Waals surface area contributed by atoms with Crippen molar-refractivity contribution in [1.82, 2.24) is 4.57 Å². The highest BCUT2D eigenvalue weighted by atomic mass is 32.1. The van der Waals surface area contributed by atoms with Gasteiger partial charge in [-0.15, -0.1) is 0 Å². The van der Waals surface area contributed by atoms with Crippen LogP contribution in [0, 0.1) is 5.82 Å². The van der Waals surface area contributed by atoms with Crippen molar-refractivity contribution >= 4 is 23.4 Å². The summed E-state index contributed by atoms with van der Waals surface area (Å²) in [6.07, 6.45) is 1.63. The molecule has 2 heterocycles. The minimum Gasteiger partial charge on any atom is -0.497 e. The van der Waals surface area contributed by atoms with Gasteiger partial charge in [-0.25, -0.2) is 14.2 Å². The van der Waals surface area contributed by atoms with Crippen LogP contribution in [0.5, 0.6) is 5.75 Å². The Morgan fingerprint density at radius 1 is 1.25 bits per heavy atom. The van der Waals surface area contributed by atoms with Crippen LogP contribution < -0.4 is 19.6 Å². The van der Waals surface area contributed by atoms with Crippen LogP contribution in [-0.4, -0.2) is 24.3 Å². The number of aromatic nitrogens is 1. The Bertz CT molecular complexity index is 1390. The number of carbonyl (C=O) groups is 1. The van der Waals surface area contributed by atoms with Crippen LogP contribution in [0.15, 0.2) is 69.6 Å². The highest BCUT2D eigenvalue weighted by molar-refractivity contribution is 7.07. The van der Waals surface area contributed by atoms with Gasteiger partial charge in [0.05, 0.1) is 35.6 Å². The summed E-state index contributed by atoms with van der Waals surface area (Å²) in [5.74, 6) is -0.247. The third kappa shape index (κ3) is 4.01. The molecule has 8 heteroatoms. The number of benzene rings is 2. The molecular formula is C24H21FN2O4S. The van der Waals surface area contributed by atoms with E-state index in [9.17, 15) is 14.0 Å². The van der Waals surface area contributed by atoms with Crippen molar-refractivity contribution in [1.29, 1.82) is 0 Å². The Morgan fingerprint density at radius 3 is 2.66 bits per heavy atom. The molecule has 1 aliphatic rings. The Kier molecular flexibility index (Phi) is 6.05. The second kappa shape index (κ2) is 8.92. The number of rotatable bonds is 5.